The molecule has 1 aliphatic heterocycles. The molecule has 9 heteroatoms. The highest BCUT2D eigenvalue weighted by Crippen LogP contribution is 2.20. The first kappa shape index (κ1) is 16.5. The molecular weight excluding hydrogens is 314 g/mol. The molecule has 7 nitrogen and oxygen atoms in total. The largest absolute Gasteiger partial charge is 0.352 e. The number of rotatable bonds is 5. The number of nitrogens with one attached hydrogen (secondary N) is 1. The Morgan fingerprint density at radius 2 is 1.90 bits per heavy atom. The van der Waals surface area contributed by atoms with Crippen LogP contribution in [0.15, 0.2) is 17.2 Å². The molecule has 0 unspecified atom stereocenters. The van der Waals surface area contributed by atoms with Crippen LogP contribution in [-0.2, 0) is 33.5 Å². The predicted molar refractivity (Wildman–Crippen MR) is 80.2 cm³/mol. The molecule has 1 aromatic heterocycles. The molecule has 1 aromatic rings. The summed E-state index contributed by atoms with van der Waals surface area (Å²) in [5, 5.41) is 3.15. The fourth-order valence-electron chi connectivity index (χ4n) is 2.23. The summed E-state index contributed by atoms with van der Waals surface area (Å²) < 4.78 is 50.9. The van der Waals surface area contributed by atoms with Gasteiger partial charge in [0.2, 0.25) is 10.0 Å². The molecule has 0 spiro atoms. The first-order chi connectivity index (χ1) is 9.76. The zero-order valence-electron chi connectivity index (χ0n) is 12.2. The molecule has 1 N–H and O–H groups in total. The van der Waals surface area contributed by atoms with E-state index in [0.29, 0.717) is 6.54 Å². The van der Waals surface area contributed by atoms with Crippen molar-refractivity contribution in [1.82, 2.24) is 14.2 Å². The van der Waals surface area contributed by atoms with E-state index in [1.165, 1.54) is 4.31 Å². The van der Waals surface area contributed by atoms with E-state index in [4.69, 9.17) is 0 Å². The molecule has 2 rings (SSSR count). The molecule has 1 saturated heterocycles. The van der Waals surface area contributed by atoms with E-state index < -0.39 is 19.9 Å². The van der Waals surface area contributed by atoms with Crippen LogP contribution in [0, 0.1) is 0 Å². The Kier molecular flexibility index (Phi) is 4.76. The summed E-state index contributed by atoms with van der Waals surface area (Å²) >= 11 is 0. The number of aromatic nitrogens is 1. The van der Waals surface area contributed by atoms with Crippen LogP contribution in [0.2, 0.25) is 0 Å². The van der Waals surface area contributed by atoms with E-state index in [9.17, 15) is 16.8 Å². The van der Waals surface area contributed by atoms with Crippen molar-refractivity contribution in [2.24, 2.45) is 7.05 Å². The third-order valence-corrected chi connectivity index (χ3v) is 7.05. The maximum atomic E-state index is 12.5. The van der Waals surface area contributed by atoms with Crippen LogP contribution in [0.4, 0.5) is 0 Å². The number of sulfone groups is 1. The summed E-state index contributed by atoms with van der Waals surface area (Å²) in [7, 11) is -4.92. The molecule has 1 aliphatic rings. The van der Waals surface area contributed by atoms with Crippen molar-refractivity contribution in [3.05, 3.63) is 18.0 Å². The highest BCUT2D eigenvalue weighted by molar-refractivity contribution is 7.92. The van der Waals surface area contributed by atoms with Crippen LogP contribution in [0.5, 0.6) is 0 Å². The zero-order valence-corrected chi connectivity index (χ0v) is 13.9. The summed E-state index contributed by atoms with van der Waals surface area (Å²) in [5.74, 6) is -0.216. The summed E-state index contributed by atoms with van der Waals surface area (Å²) in [4.78, 5) is 0.220. The lowest BCUT2D eigenvalue weighted by Gasteiger charge is -2.25. The van der Waals surface area contributed by atoms with E-state index in [1.807, 2.05) is 6.92 Å². The minimum atomic E-state index is -3.62. The van der Waals surface area contributed by atoms with Gasteiger partial charge in [-0.05, 0) is 12.6 Å². The SMILES string of the molecule is CCNCc1cc(S(=O)(=O)N2CCS(=O)(=O)CC2)cn1C. The Morgan fingerprint density at radius 3 is 2.48 bits per heavy atom. The maximum absolute atomic E-state index is 12.5. The van der Waals surface area contributed by atoms with Crippen molar-refractivity contribution in [1.29, 1.82) is 0 Å². The van der Waals surface area contributed by atoms with Crippen LogP contribution >= 0.6 is 0 Å². The smallest absolute Gasteiger partial charge is 0.244 e. The van der Waals surface area contributed by atoms with Crippen LogP contribution in [0.3, 0.4) is 0 Å². The van der Waals surface area contributed by atoms with E-state index in [0.717, 1.165) is 12.2 Å². The average molecular weight is 335 g/mol. The molecule has 0 atom stereocenters. The lowest BCUT2D eigenvalue weighted by Crippen LogP contribution is -2.43. The molecule has 0 radical (unpaired) electrons. The highest BCUT2D eigenvalue weighted by Gasteiger charge is 2.32. The standard InChI is InChI=1S/C12H21N3O4S2/c1-3-13-9-11-8-12(10-14(11)2)21(18,19)15-4-6-20(16,17)7-5-15/h8,10,13H,3-7,9H2,1-2H3. The normalized spacial score (nSPS) is 19.7. The molecule has 21 heavy (non-hydrogen) atoms. The first-order valence-corrected chi connectivity index (χ1v) is 10.1. The zero-order chi connectivity index (χ0) is 15.7. The minimum absolute atomic E-state index is 0.0299. The molecule has 0 aromatic carbocycles. The van der Waals surface area contributed by atoms with Gasteiger partial charge in [0.15, 0.2) is 9.84 Å². The van der Waals surface area contributed by atoms with Gasteiger partial charge in [-0.25, -0.2) is 16.8 Å². The van der Waals surface area contributed by atoms with Crippen molar-refractivity contribution in [2.75, 3.05) is 31.1 Å². The van der Waals surface area contributed by atoms with Crippen molar-refractivity contribution >= 4 is 19.9 Å². The van der Waals surface area contributed by atoms with Gasteiger partial charge in [-0.15, -0.1) is 0 Å². The second-order valence-electron chi connectivity index (χ2n) is 5.11. The van der Waals surface area contributed by atoms with Crippen LogP contribution < -0.4 is 5.32 Å². The Hall–Kier alpha value is -0.900. The minimum Gasteiger partial charge on any atom is -0.352 e. The Bertz CT molecular complexity index is 693. The van der Waals surface area contributed by atoms with E-state index >= 15 is 0 Å². The fraction of sp³-hybridized carbons (Fsp3) is 0.667. The number of sulfonamides is 1. The van der Waals surface area contributed by atoms with Gasteiger partial charge < -0.3 is 9.88 Å². The highest BCUT2D eigenvalue weighted by atomic mass is 32.2. The maximum Gasteiger partial charge on any atom is 0.244 e. The average Bonchev–Trinajstić information content (AvgIpc) is 2.78. The Balaban J connectivity index is 2.20. The summed E-state index contributed by atoms with van der Waals surface area (Å²) in [6, 6.07) is 1.64. The van der Waals surface area contributed by atoms with Crippen LogP contribution in [0.25, 0.3) is 0 Å². The van der Waals surface area contributed by atoms with Gasteiger partial charge in [-0.3, -0.25) is 0 Å². The van der Waals surface area contributed by atoms with Gasteiger partial charge in [0.1, 0.15) is 4.90 Å². The van der Waals surface area contributed by atoms with Crippen molar-refractivity contribution in [3.63, 3.8) is 0 Å². The second-order valence-corrected chi connectivity index (χ2v) is 9.36. The fourth-order valence-corrected chi connectivity index (χ4v) is 5.20. The quantitative estimate of drug-likeness (QED) is 0.788. The molecule has 120 valence electrons. The third-order valence-electron chi connectivity index (χ3n) is 3.58. The van der Waals surface area contributed by atoms with Crippen molar-refractivity contribution < 1.29 is 16.8 Å². The molecule has 0 saturated carbocycles. The van der Waals surface area contributed by atoms with Gasteiger partial charge >= 0.3 is 0 Å². The van der Waals surface area contributed by atoms with Gasteiger partial charge in [0.05, 0.1) is 11.5 Å². The van der Waals surface area contributed by atoms with E-state index in [1.54, 1.807) is 23.9 Å². The second kappa shape index (κ2) is 6.07. The van der Waals surface area contributed by atoms with Gasteiger partial charge in [-0.1, -0.05) is 6.92 Å². The third kappa shape index (κ3) is 3.65. The lowest BCUT2D eigenvalue weighted by molar-refractivity contribution is 0.430. The summed E-state index contributed by atoms with van der Waals surface area (Å²) in [5.41, 5.74) is 0.875. The van der Waals surface area contributed by atoms with Gasteiger partial charge in [0, 0.05) is 38.6 Å². The van der Waals surface area contributed by atoms with E-state index in [2.05, 4.69) is 5.32 Å². The van der Waals surface area contributed by atoms with Crippen LogP contribution in [-0.4, -0.2) is 56.8 Å². The van der Waals surface area contributed by atoms with Crippen molar-refractivity contribution in [3.8, 4) is 0 Å². The summed E-state index contributed by atoms with van der Waals surface area (Å²) in [6.07, 6.45) is 1.57. The van der Waals surface area contributed by atoms with Crippen molar-refractivity contribution in [2.45, 2.75) is 18.4 Å². The Labute approximate surface area is 125 Å². The topological polar surface area (TPSA) is 88.5 Å². The monoisotopic (exact) mass is 335 g/mol. The molecule has 0 amide bonds. The first-order valence-electron chi connectivity index (χ1n) is 6.83. The summed E-state index contributed by atoms with van der Waals surface area (Å²) in [6.45, 7) is 3.44. The Morgan fingerprint density at radius 1 is 1.29 bits per heavy atom. The van der Waals surface area contributed by atoms with Crippen LogP contribution in [0.1, 0.15) is 12.6 Å². The lowest BCUT2D eigenvalue weighted by atomic mass is 10.4. The molecule has 0 aliphatic carbocycles. The van der Waals surface area contributed by atoms with Gasteiger partial charge in [0.25, 0.3) is 0 Å². The number of nitrogens with zero attached hydrogens (tertiary/aromatic N) is 2. The number of aryl methyl sites for hydroxylation is 1. The molecule has 2 heterocycles. The molecule has 0 bridgehead atoms. The number of hydrogen-bond donors (Lipinski definition) is 1. The van der Waals surface area contributed by atoms with E-state index in [-0.39, 0.29) is 29.5 Å². The molecular formula is C12H21N3O4S2. The molecule has 1 fully saturated rings. The number of hydrogen-bond acceptors (Lipinski definition) is 5. The predicted octanol–water partition coefficient (Wildman–Crippen LogP) is -0.446. The van der Waals surface area contributed by atoms with Gasteiger partial charge in [-0.2, -0.15) is 4.31 Å².